The number of likely N-dealkylation sites (N-methyl/N-ethyl adjacent to an activating group) is 1. The van der Waals surface area contributed by atoms with Crippen LogP contribution in [-0.4, -0.2) is 31.6 Å². The summed E-state index contributed by atoms with van der Waals surface area (Å²) in [4.78, 5) is 6.53. The summed E-state index contributed by atoms with van der Waals surface area (Å²) in [6, 6.07) is 8.10. The number of amidine groups is 1. The molecule has 2 rings (SSSR count). The molecule has 1 aromatic carbocycles. The van der Waals surface area contributed by atoms with Gasteiger partial charge >= 0.3 is 0 Å². The maximum atomic E-state index is 5.13. The van der Waals surface area contributed by atoms with E-state index in [2.05, 4.69) is 33.5 Å². The SMILES string of the molecule is CNC1=NCN(Cc2ccc(OC)cc2)C=C1. The number of ether oxygens (including phenoxy) is 1. The van der Waals surface area contributed by atoms with Crippen LogP contribution in [0.5, 0.6) is 5.75 Å². The second kappa shape index (κ2) is 5.39. The molecule has 1 N–H and O–H groups in total. The fraction of sp³-hybridized carbons (Fsp3) is 0.308. The van der Waals surface area contributed by atoms with E-state index >= 15 is 0 Å². The average molecular weight is 231 g/mol. The minimum absolute atomic E-state index is 0.693. The van der Waals surface area contributed by atoms with Crippen LogP contribution in [-0.2, 0) is 6.54 Å². The van der Waals surface area contributed by atoms with Crippen molar-refractivity contribution in [3.8, 4) is 5.75 Å². The lowest BCUT2D eigenvalue weighted by Gasteiger charge is -2.21. The molecule has 0 radical (unpaired) electrons. The normalized spacial score (nSPS) is 14.5. The van der Waals surface area contributed by atoms with Crippen molar-refractivity contribution in [1.82, 2.24) is 10.2 Å². The van der Waals surface area contributed by atoms with Gasteiger partial charge in [0.05, 0.1) is 7.11 Å². The number of aliphatic imine (C=N–C) groups is 1. The summed E-state index contributed by atoms with van der Waals surface area (Å²) in [7, 11) is 3.55. The standard InChI is InChI=1S/C13H17N3O/c1-14-13-7-8-16(10-15-13)9-11-3-5-12(17-2)6-4-11/h3-8H,9-10H2,1-2H3,(H,14,15). The van der Waals surface area contributed by atoms with E-state index in [1.807, 2.05) is 25.3 Å². The Hall–Kier alpha value is -1.97. The lowest BCUT2D eigenvalue weighted by Crippen LogP contribution is -2.26. The van der Waals surface area contributed by atoms with Crippen molar-refractivity contribution >= 4 is 5.84 Å². The van der Waals surface area contributed by atoms with Crippen molar-refractivity contribution in [2.45, 2.75) is 6.54 Å². The van der Waals surface area contributed by atoms with Crippen molar-refractivity contribution < 1.29 is 4.74 Å². The first-order chi connectivity index (χ1) is 8.31. The molecule has 0 amide bonds. The van der Waals surface area contributed by atoms with Crippen molar-refractivity contribution in [2.75, 3.05) is 20.8 Å². The molecule has 0 saturated heterocycles. The molecule has 4 nitrogen and oxygen atoms in total. The highest BCUT2D eigenvalue weighted by Gasteiger charge is 2.05. The smallest absolute Gasteiger partial charge is 0.124 e. The third-order valence-electron chi connectivity index (χ3n) is 2.67. The van der Waals surface area contributed by atoms with Crippen LogP contribution in [0.3, 0.4) is 0 Å². The fourth-order valence-corrected chi connectivity index (χ4v) is 1.67. The van der Waals surface area contributed by atoms with E-state index in [0.717, 1.165) is 18.1 Å². The number of nitrogens with zero attached hydrogens (tertiary/aromatic N) is 2. The lowest BCUT2D eigenvalue weighted by molar-refractivity contribution is 0.376. The van der Waals surface area contributed by atoms with Crippen molar-refractivity contribution in [3.63, 3.8) is 0 Å². The number of methoxy groups -OCH3 is 1. The van der Waals surface area contributed by atoms with Gasteiger partial charge in [0.2, 0.25) is 0 Å². The Balaban J connectivity index is 1.94. The van der Waals surface area contributed by atoms with Gasteiger partial charge in [0, 0.05) is 19.8 Å². The maximum Gasteiger partial charge on any atom is 0.124 e. The molecule has 4 heteroatoms. The van der Waals surface area contributed by atoms with E-state index in [1.165, 1.54) is 5.56 Å². The topological polar surface area (TPSA) is 36.9 Å². The fourth-order valence-electron chi connectivity index (χ4n) is 1.67. The first-order valence-electron chi connectivity index (χ1n) is 5.59. The van der Waals surface area contributed by atoms with Crippen LogP contribution in [0.4, 0.5) is 0 Å². The molecule has 90 valence electrons. The van der Waals surface area contributed by atoms with Crippen LogP contribution in [0.1, 0.15) is 5.56 Å². The quantitative estimate of drug-likeness (QED) is 0.858. The summed E-state index contributed by atoms with van der Waals surface area (Å²) in [6.45, 7) is 1.56. The summed E-state index contributed by atoms with van der Waals surface area (Å²) in [5, 5.41) is 3.02. The first kappa shape index (κ1) is 11.5. The van der Waals surface area contributed by atoms with Crippen molar-refractivity contribution in [2.24, 2.45) is 4.99 Å². The van der Waals surface area contributed by atoms with E-state index in [4.69, 9.17) is 4.74 Å². The number of hydrogen-bond acceptors (Lipinski definition) is 4. The number of hydrogen-bond donors (Lipinski definition) is 1. The first-order valence-corrected chi connectivity index (χ1v) is 5.59. The minimum Gasteiger partial charge on any atom is -0.497 e. The summed E-state index contributed by atoms with van der Waals surface area (Å²) in [5.74, 6) is 1.81. The molecule has 17 heavy (non-hydrogen) atoms. The zero-order chi connectivity index (χ0) is 12.1. The van der Waals surface area contributed by atoms with E-state index in [1.54, 1.807) is 7.11 Å². The van der Waals surface area contributed by atoms with E-state index in [-0.39, 0.29) is 0 Å². The summed E-state index contributed by atoms with van der Waals surface area (Å²) in [6.07, 6.45) is 4.04. The van der Waals surface area contributed by atoms with Crippen LogP contribution in [0.2, 0.25) is 0 Å². The Morgan fingerprint density at radius 2 is 2.12 bits per heavy atom. The zero-order valence-corrected chi connectivity index (χ0v) is 10.2. The molecule has 0 bridgehead atoms. The predicted octanol–water partition coefficient (Wildman–Crippen LogP) is 1.60. The lowest BCUT2D eigenvalue weighted by atomic mass is 10.2. The van der Waals surface area contributed by atoms with Gasteiger partial charge in [0.25, 0.3) is 0 Å². The Labute approximate surface area is 102 Å². The highest BCUT2D eigenvalue weighted by Crippen LogP contribution is 2.13. The minimum atomic E-state index is 0.693. The van der Waals surface area contributed by atoms with E-state index in [0.29, 0.717) is 6.67 Å². The molecule has 1 heterocycles. The molecule has 1 aliphatic heterocycles. The summed E-state index contributed by atoms with van der Waals surface area (Å²) < 4.78 is 5.13. The Morgan fingerprint density at radius 1 is 1.35 bits per heavy atom. The highest BCUT2D eigenvalue weighted by molar-refractivity contribution is 5.93. The summed E-state index contributed by atoms with van der Waals surface area (Å²) >= 11 is 0. The van der Waals surface area contributed by atoms with Crippen LogP contribution in [0.25, 0.3) is 0 Å². The molecular formula is C13H17N3O. The van der Waals surface area contributed by atoms with E-state index < -0.39 is 0 Å². The number of rotatable bonds is 3. The largest absolute Gasteiger partial charge is 0.497 e. The van der Waals surface area contributed by atoms with Crippen LogP contribution >= 0.6 is 0 Å². The molecule has 0 unspecified atom stereocenters. The zero-order valence-electron chi connectivity index (χ0n) is 10.2. The molecule has 1 aromatic rings. The molecule has 0 aromatic heterocycles. The molecule has 0 atom stereocenters. The van der Waals surface area contributed by atoms with Gasteiger partial charge in [-0.25, -0.2) is 4.99 Å². The third kappa shape index (κ3) is 3.00. The van der Waals surface area contributed by atoms with Crippen LogP contribution < -0.4 is 10.1 Å². The van der Waals surface area contributed by atoms with Gasteiger partial charge in [-0.15, -0.1) is 0 Å². The maximum absolute atomic E-state index is 5.13. The monoisotopic (exact) mass is 231 g/mol. The molecule has 0 aliphatic carbocycles. The summed E-state index contributed by atoms with van der Waals surface area (Å²) in [5.41, 5.74) is 1.25. The van der Waals surface area contributed by atoms with E-state index in [9.17, 15) is 0 Å². The van der Waals surface area contributed by atoms with Gasteiger partial charge in [0.15, 0.2) is 0 Å². The second-order valence-corrected chi connectivity index (χ2v) is 3.85. The van der Waals surface area contributed by atoms with Gasteiger partial charge in [-0.05, 0) is 23.8 Å². The van der Waals surface area contributed by atoms with Gasteiger partial charge in [-0.2, -0.15) is 0 Å². The van der Waals surface area contributed by atoms with Gasteiger partial charge < -0.3 is 15.0 Å². The molecule has 0 spiro atoms. The third-order valence-corrected chi connectivity index (χ3v) is 2.67. The van der Waals surface area contributed by atoms with Crippen LogP contribution in [0.15, 0.2) is 41.5 Å². The number of benzene rings is 1. The molecule has 1 aliphatic rings. The van der Waals surface area contributed by atoms with Gasteiger partial charge in [-0.3, -0.25) is 0 Å². The van der Waals surface area contributed by atoms with Crippen molar-refractivity contribution in [3.05, 3.63) is 42.1 Å². The molecule has 0 fully saturated rings. The van der Waals surface area contributed by atoms with Gasteiger partial charge in [-0.1, -0.05) is 12.1 Å². The Morgan fingerprint density at radius 3 is 2.65 bits per heavy atom. The Kier molecular flexibility index (Phi) is 3.65. The predicted molar refractivity (Wildman–Crippen MR) is 69.0 cm³/mol. The van der Waals surface area contributed by atoms with Gasteiger partial charge in [0.1, 0.15) is 18.3 Å². The van der Waals surface area contributed by atoms with Crippen molar-refractivity contribution in [1.29, 1.82) is 0 Å². The average Bonchev–Trinajstić information content (AvgIpc) is 2.40. The number of nitrogens with one attached hydrogen (secondary N) is 1. The molecule has 0 saturated carbocycles. The van der Waals surface area contributed by atoms with Crippen LogP contribution in [0, 0.1) is 0 Å². The molecular weight excluding hydrogens is 214 g/mol. The highest BCUT2D eigenvalue weighted by atomic mass is 16.5. The second-order valence-electron chi connectivity index (χ2n) is 3.85. The Bertz CT molecular complexity index is 423.